The molecule has 2 atom stereocenters. The number of carbonyl (C=O) groups excluding carboxylic acids is 1. The molecule has 2 N–H and O–H groups in total. The lowest BCUT2D eigenvalue weighted by atomic mass is 9.81. The lowest BCUT2D eigenvalue weighted by molar-refractivity contribution is 0.0695. The highest BCUT2D eigenvalue weighted by atomic mass is 35.5. The molecule has 0 bridgehead atoms. The van der Waals surface area contributed by atoms with Gasteiger partial charge in [-0.1, -0.05) is 24.3 Å². The number of fused-ring (bicyclic) bond motifs is 1. The van der Waals surface area contributed by atoms with E-state index < -0.39 is 23.1 Å². The summed E-state index contributed by atoms with van der Waals surface area (Å²) >= 11 is 6.70. The lowest BCUT2D eigenvalue weighted by Gasteiger charge is -2.27. The van der Waals surface area contributed by atoms with Crippen LogP contribution in [0.1, 0.15) is 50.9 Å². The summed E-state index contributed by atoms with van der Waals surface area (Å²) in [7, 11) is 1.38. The number of H-pyrrole nitrogens is 1. The van der Waals surface area contributed by atoms with Crippen LogP contribution in [0.4, 0.5) is 4.39 Å². The van der Waals surface area contributed by atoms with E-state index in [0.29, 0.717) is 46.6 Å². The highest BCUT2D eigenvalue weighted by Crippen LogP contribution is 2.41. The molecule has 1 fully saturated rings. The predicted molar refractivity (Wildman–Crippen MR) is 131 cm³/mol. The molecular formula is C26H23ClFN3O4. The second kappa shape index (κ2) is 9.19. The number of rotatable bonds is 5. The van der Waals surface area contributed by atoms with Gasteiger partial charge in [-0.25, -0.2) is 14.2 Å². The Morgan fingerprint density at radius 2 is 2.00 bits per heavy atom. The first kappa shape index (κ1) is 23.1. The van der Waals surface area contributed by atoms with Crippen molar-refractivity contribution in [2.45, 2.75) is 24.1 Å². The summed E-state index contributed by atoms with van der Waals surface area (Å²) in [5.74, 6) is -1.88. The Bertz CT molecular complexity index is 1390. The van der Waals surface area contributed by atoms with Crippen LogP contribution < -0.4 is 4.74 Å². The first-order valence-electron chi connectivity index (χ1n) is 11.3. The van der Waals surface area contributed by atoms with Crippen LogP contribution in [0.15, 0.2) is 48.6 Å². The SMILES string of the molecule is COc1cc2[nH]c(C3=CC=C[C@H](Cl)C3c3ccc(C(=O)N4CCCC4)cc3C(=O)O)nc2cc1F. The van der Waals surface area contributed by atoms with Crippen molar-refractivity contribution < 1.29 is 23.8 Å². The molecule has 0 radical (unpaired) electrons. The molecule has 180 valence electrons. The van der Waals surface area contributed by atoms with Crippen LogP contribution >= 0.6 is 11.6 Å². The first-order valence-corrected chi connectivity index (χ1v) is 11.7. The molecular weight excluding hydrogens is 473 g/mol. The molecule has 3 aromatic rings. The van der Waals surface area contributed by atoms with Crippen molar-refractivity contribution in [3.8, 4) is 5.75 Å². The maximum Gasteiger partial charge on any atom is 0.336 e. The third-order valence-corrected chi connectivity index (χ3v) is 6.91. The molecule has 7 nitrogen and oxygen atoms in total. The van der Waals surface area contributed by atoms with E-state index in [1.165, 1.54) is 25.3 Å². The molecule has 1 amide bonds. The summed E-state index contributed by atoms with van der Waals surface area (Å²) in [5.41, 5.74) is 2.45. The summed E-state index contributed by atoms with van der Waals surface area (Å²) in [6, 6.07) is 7.54. The van der Waals surface area contributed by atoms with Crippen LogP contribution in [0.2, 0.25) is 0 Å². The van der Waals surface area contributed by atoms with Gasteiger partial charge in [0.15, 0.2) is 11.6 Å². The zero-order valence-electron chi connectivity index (χ0n) is 18.9. The van der Waals surface area contributed by atoms with Gasteiger partial charge >= 0.3 is 5.97 Å². The van der Waals surface area contributed by atoms with E-state index in [1.807, 2.05) is 6.08 Å². The van der Waals surface area contributed by atoms with E-state index in [2.05, 4.69) is 9.97 Å². The molecule has 0 saturated carbocycles. The van der Waals surface area contributed by atoms with Gasteiger partial charge in [-0.2, -0.15) is 0 Å². The number of nitrogens with one attached hydrogen (secondary N) is 1. The topological polar surface area (TPSA) is 95.5 Å². The molecule has 2 heterocycles. The Morgan fingerprint density at radius 1 is 1.23 bits per heavy atom. The number of nitrogens with zero attached hydrogens (tertiary/aromatic N) is 2. The molecule has 0 spiro atoms. The molecule has 9 heteroatoms. The fraction of sp³-hybridized carbons (Fsp3) is 0.269. The number of halogens is 2. The van der Waals surface area contributed by atoms with Crippen molar-refractivity contribution in [3.05, 3.63) is 76.9 Å². The Labute approximate surface area is 205 Å². The molecule has 1 unspecified atom stereocenters. The minimum absolute atomic E-state index is 0.00993. The second-order valence-electron chi connectivity index (χ2n) is 8.62. The predicted octanol–water partition coefficient (Wildman–Crippen LogP) is 4.99. The number of amides is 1. The van der Waals surface area contributed by atoms with E-state index >= 15 is 0 Å². The maximum atomic E-state index is 14.2. The number of carboxylic acids is 1. The van der Waals surface area contributed by atoms with Crippen molar-refractivity contribution in [1.82, 2.24) is 14.9 Å². The maximum absolute atomic E-state index is 14.2. The zero-order chi connectivity index (χ0) is 24.7. The number of methoxy groups -OCH3 is 1. The average Bonchev–Trinajstić information content (AvgIpc) is 3.52. The van der Waals surface area contributed by atoms with Crippen LogP contribution in [-0.2, 0) is 0 Å². The number of carbonyl (C=O) groups is 2. The summed E-state index contributed by atoms with van der Waals surface area (Å²) in [4.78, 5) is 34.6. The summed E-state index contributed by atoms with van der Waals surface area (Å²) in [6.07, 6.45) is 7.25. The van der Waals surface area contributed by atoms with Gasteiger partial charge in [-0.05, 0) is 30.5 Å². The van der Waals surface area contributed by atoms with Gasteiger partial charge in [-0.3, -0.25) is 4.79 Å². The number of carboxylic acid groups (broad SMARTS) is 1. The van der Waals surface area contributed by atoms with Gasteiger partial charge < -0.3 is 19.7 Å². The van der Waals surface area contributed by atoms with Gasteiger partial charge in [0.05, 0.1) is 29.1 Å². The number of hydrogen-bond donors (Lipinski definition) is 2. The minimum Gasteiger partial charge on any atom is -0.494 e. The van der Waals surface area contributed by atoms with E-state index in [0.717, 1.165) is 12.8 Å². The molecule has 1 aliphatic heterocycles. The van der Waals surface area contributed by atoms with Crippen molar-refractivity contribution in [3.63, 3.8) is 0 Å². The highest BCUT2D eigenvalue weighted by Gasteiger charge is 2.32. The summed E-state index contributed by atoms with van der Waals surface area (Å²) in [5, 5.41) is 9.47. The van der Waals surface area contributed by atoms with Gasteiger partial charge in [0, 0.05) is 42.3 Å². The van der Waals surface area contributed by atoms with Crippen LogP contribution in [0, 0.1) is 5.82 Å². The normalized spacial score (nSPS) is 19.7. The van der Waals surface area contributed by atoms with Gasteiger partial charge in [0.25, 0.3) is 5.91 Å². The van der Waals surface area contributed by atoms with E-state index in [4.69, 9.17) is 16.3 Å². The van der Waals surface area contributed by atoms with Crippen LogP contribution in [-0.4, -0.2) is 57.4 Å². The number of hydrogen-bond acceptors (Lipinski definition) is 4. The first-order chi connectivity index (χ1) is 16.9. The minimum atomic E-state index is -1.15. The van der Waals surface area contributed by atoms with Crippen LogP contribution in [0.5, 0.6) is 5.75 Å². The molecule has 1 saturated heterocycles. The van der Waals surface area contributed by atoms with Crippen molar-refractivity contribution in [2.75, 3.05) is 20.2 Å². The van der Waals surface area contributed by atoms with Crippen molar-refractivity contribution in [2.24, 2.45) is 0 Å². The zero-order valence-corrected chi connectivity index (χ0v) is 19.7. The summed E-state index contributed by atoms with van der Waals surface area (Å²) in [6.45, 7) is 1.34. The fourth-order valence-corrected chi connectivity index (χ4v) is 5.13. The van der Waals surface area contributed by atoms with E-state index in [9.17, 15) is 19.1 Å². The third-order valence-electron chi connectivity index (χ3n) is 6.51. The van der Waals surface area contributed by atoms with Crippen molar-refractivity contribution in [1.29, 1.82) is 0 Å². The Balaban J connectivity index is 1.57. The Hall–Kier alpha value is -3.65. The number of aromatic carboxylic acids is 1. The lowest BCUT2D eigenvalue weighted by Crippen LogP contribution is -2.28. The molecule has 1 aromatic heterocycles. The fourth-order valence-electron chi connectivity index (χ4n) is 4.77. The van der Waals surface area contributed by atoms with Gasteiger partial charge in [-0.15, -0.1) is 11.6 Å². The number of alkyl halides is 1. The van der Waals surface area contributed by atoms with Gasteiger partial charge in [0.2, 0.25) is 0 Å². The largest absolute Gasteiger partial charge is 0.494 e. The number of likely N-dealkylation sites (tertiary alicyclic amines) is 1. The van der Waals surface area contributed by atoms with E-state index in [-0.39, 0.29) is 17.2 Å². The molecule has 2 aromatic carbocycles. The Morgan fingerprint density at radius 3 is 2.71 bits per heavy atom. The number of aromatic nitrogens is 2. The highest BCUT2D eigenvalue weighted by molar-refractivity contribution is 6.23. The van der Waals surface area contributed by atoms with Crippen LogP contribution in [0.25, 0.3) is 16.6 Å². The monoisotopic (exact) mass is 495 g/mol. The number of ether oxygens (including phenoxy) is 1. The smallest absolute Gasteiger partial charge is 0.336 e. The molecule has 2 aliphatic rings. The third kappa shape index (κ3) is 4.18. The standard InChI is InChI=1S/C26H23ClFN3O4/c1-35-22-13-21-20(12-19(22)28)29-24(30-21)16-5-4-6-18(27)23(16)15-8-7-14(11-17(15)26(33)34)25(32)31-9-2-3-10-31/h4-8,11-13,18,23H,2-3,9-10H2,1H3,(H,29,30)(H,33,34)/t18-,23?/m0/s1. The number of aromatic amines is 1. The molecule has 1 aliphatic carbocycles. The second-order valence-corrected chi connectivity index (χ2v) is 9.13. The van der Waals surface area contributed by atoms with Gasteiger partial charge in [0.1, 0.15) is 5.82 Å². The number of allylic oxidation sites excluding steroid dienone is 4. The number of imidazole rings is 1. The molecule has 35 heavy (non-hydrogen) atoms. The number of benzene rings is 2. The van der Waals surface area contributed by atoms with Crippen LogP contribution in [0.3, 0.4) is 0 Å². The average molecular weight is 496 g/mol. The van der Waals surface area contributed by atoms with E-state index in [1.54, 1.807) is 29.2 Å². The van der Waals surface area contributed by atoms with Crippen molar-refractivity contribution >= 4 is 40.1 Å². The summed E-state index contributed by atoms with van der Waals surface area (Å²) < 4.78 is 19.3. The Kier molecular flexibility index (Phi) is 6.06. The molecule has 5 rings (SSSR count). The quantitative estimate of drug-likeness (QED) is 0.486.